The van der Waals surface area contributed by atoms with Crippen LogP contribution in [0.1, 0.15) is 12.8 Å². The van der Waals surface area contributed by atoms with E-state index in [1.165, 1.54) is 4.90 Å². The van der Waals surface area contributed by atoms with E-state index in [4.69, 9.17) is 0 Å². The van der Waals surface area contributed by atoms with Crippen LogP contribution in [0.5, 0.6) is 0 Å². The molecule has 1 aliphatic rings. The molecule has 1 heterocycles. The Balaban J connectivity index is 2.23. The van der Waals surface area contributed by atoms with Crippen molar-refractivity contribution in [1.82, 2.24) is 0 Å². The Labute approximate surface area is 86.5 Å². The van der Waals surface area contributed by atoms with Gasteiger partial charge >= 0.3 is 6.18 Å². The highest BCUT2D eigenvalue weighted by molar-refractivity contribution is 5.48. The third-order valence-electron chi connectivity index (χ3n) is 2.66. The molecule has 0 spiro atoms. The largest absolute Gasteiger partial charge is 0.408 e. The van der Waals surface area contributed by atoms with E-state index in [-0.39, 0.29) is 6.42 Å². The van der Waals surface area contributed by atoms with Crippen LogP contribution in [0.2, 0.25) is 0 Å². The van der Waals surface area contributed by atoms with Crippen LogP contribution < -0.4 is 4.90 Å². The lowest BCUT2D eigenvalue weighted by atomic mass is 10.2. The van der Waals surface area contributed by atoms with E-state index in [0.717, 1.165) is 0 Å². The second-order valence-electron chi connectivity index (χ2n) is 3.65. The van der Waals surface area contributed by atoms with Crippen LogP contribution in [0, 0.1) is 6.07 Å². The number of benzene rings is 1. The Bertz CT molecular complexity index is 320. The molecule has 4 heteroatoms. The van der Waals surface area contributed by atoms with Crippen molar-refractivity contribution in [2.75, 3.05) is 11.4 Å². The molecule has 0 unspecified atom stereocenters. The fourth-order valence-corrected chi connectivity index (χ4v) is 1.99. The van der Waals surface area contributed by atoms with E-state index in [2.05, 4.69) is 6.07 Å². The first kappa shape index (κ1) is 10.3. The summed E-state index contributed by atoms with van der Waals surface area (Å²) in [6.45, 7) is 0.480. The molecule has 1 radical (unpaired) electrons. The van der Waals surface area contributed by atoms with Crippen molar-refractivity contribution in [2.45, 2.75) is 25.1 Å². The molecule has 1 saturated heterocycles. The van der Waals surface area contributed by atoms with Crippen LogP contribution in [0.25, 0.3) is 0 Å². The van der Waals surface area contributed by atoms with Gasteiger partial charge in [0.15, 0.2) is 0 Å². The maximum atomic E-state index is 12.6. The molecule has 1 aromatic carbocycles. The molecule has 0 N–H and O–H groups in total. The molecule has 1 nitrogen and oxygen atoms in total. The number of hydrogen-bond acceptors (Lipinski definition) is 1. The molecule has 81 valence electrons. The Morgan fingerprint density at radius 3 is 2.53 bits per heavy atom. The topological polar surface area (TPSA) is 3.24 Å². The molecule has 1 aromatic rings. The van der Waals surface area contributed by atoms with E-state index >= 15 is 0 Å². The quantitative estimate of drug-likeness (QED) is 0.694. The fourth-order valence-electron chi connectivity index (χ4n) is 1.99. The van der Waals surface area contributed by atoms with Crippen molar-refractivity contribution in [3.63, 3.8) is 0 Å². The molecular formula is C11H11F3N. The summed E-state index contributed by atoms with van der Waals surface area (Å²) >= 11 is 0. The lowest BCUT2D eigenvalue weighted by Crippen LogP contribution is -2.41. The summed E-state index contributed by atoms with van der Waals surface area (Å²) in [7, 11) is 0. The van der Waals surface area contributed by atoms with Crippen molar-refractivity contribution in [3.8, 4) is 0 Å². The first-order valence-electron chi connectivity index (χ1n) is 4.88. The summed E-state index contributed by atoms with van der Waals surface area (Å²) in [5.41, 5.74) is 0.633. The van der Waals surface area contributed by atoms with Gasteiger partial charge in [0.2, 0.25) is 0 Å². The highest BCUT2D eigenvalue weighted by atomic mass is 19.4. The van der Waals surface area contributed by atoms with Crippen LogP contribution in [-0.4, -0.2) is 18.8 Å². The summed E-state index contributed by atoms with van der Waals surface area (Å²) in [4.78, 5) is 1.42. The van der Waals surface area contributed by atoms with Crippen molar-refractivity contribution in [2.24, 2.45) is 0 Å². The van der Waals surface area contributed by atoms with Crippen LogP contribution in [-0.2, 0) is 0 Å². The maximum absolute atomic E-state index is 12.6. The van der Waals surface area contributed by atoms with Gasteiger partial charge < -0.3 is 4.90 Å². The lowest BCUT2D eigenvalue weighted by molar-refractivity contribution is -0.145. The molecule has 0 bridgehead atoms. The summed E-state index contributed by atoms with van der Waals surface area (Å²) in [5, 5.41) is 0. The Morgan fingerprint density at radius 2 is 1.93 bits per heavy atom. The van der Waals surface area contributed by atoms with Gasteiger partial charge in [-0.05, 0) is 31.0 Å². The second kappa shape index (κ2) is 3.76. The monoisotopic (exact) mass is 214 g/mol. The summed E-state index contributed by atoms with van der Waals surface area (Å²) < 4.78 is 37.9. The number of rotatable bonds is 1. The number of halogens is 3. The summed E-state index contributed by atoms with van der Waals surface area (Å²) in [5.74, 6) is 0. The molecule has 0 saturated carbocycles. The molecule has 2 rings (SSSR count). The minimum atomic E-state index is -4.13. The number of alkyl halides is 3. The predicted octanol–water partition coefficient (Wildman–Crippen LogP) is 3.02. The molecular weight excluding hydrogens is 203 g/mol. The van der Waals surface area contributed by atoms with Crippen molar-refractivity contribution in [1.29, 1.82) is 0 Å². The maximum Gasteiger partial charge on any atom is 0.408 e. The van der Waals surface area contributed by atoms with Gasteiger partial charge in [-0.2, -0.15) is 13.2 Å². The zero-order valence-corrected chi connectivity index (χ0v) is 8.09. The van der Waals surface area contributed by atoms with Crippen molar-refractivity contribution < 1.29 is 13.2 Å². The Hall–Kier alpha value is -1.19. The molecule has 0 aliphatic carbocycles. The first-order valence-corrected chi connectivity index (χ1v) is 4.88. The van der Waals surface area contributed by atoms with Gasteiger partial charge in [0.1, 0.15) is 6.04 Å². The molecule has 1 fully saturated rings. The molecule has 0 aromatic heterocycles. The van der Waals surface area contributed by atoms with Crippen LogP contribution in [0.4, 0.5) is 18.9 Å². The van der Waals surface area contributed by atoms with Crippen LogP contribution in [0.3, 0.4) is 0 Å². The lowest BCUT2D eigenvalue weighted by Gasteiger charge is -2.28. The smallest absolute Gasteiger partial charge is 0.360 e. The van der Waals surface area contributed by atoms with Gasteiger partial charge in [-0.15, -0.1) is 0 Å². The third-order valence-corrected chi connectivity index (χ3v) is 2.66. The summed E-state index contributed by atoms with van der Waals surface area (Å²) in [6.07, 6.45) is -3.33. The van der Waals surface area contributed by atoms with Gasteiger partial charge in [0, 0.05) is 12.2 Å². The van der Waals surface area contributed by atoms with Crippen molar-refractivity contribution in [3.05, 3.63) is 30.3 Å². The average Bonchev–Trinajstić information content (AvgIpc) is 2.67. The molecule has 1 aliphatic heterocycles. The summed E-state index contributed by atoms with van der Waals surface area (Å²) in [6, 6.07) is 8.10. The van der Waals surface area contributed by atoms with Crippen LogP contribution >= 0.6 is 0 Å². The normalized spacial score (nSPS) is 22.1. The van der Waals surface area contributed by atoms with E-state index < -0.39 is 12.2 Å². The van der Waals surface area contributed by atoms with Gasteiger partial charge in [-0.25, -0.2) is 0 Å². The van der Waals surface area contributed by atoms with E-state index in [9.17, 15) is 13.2 Å². The molecule has 0 amide bonds. The van der Waals surface area contributed by atoms with Gasteiger partial charge in [0.25, 0.3) is 0 Å². The zero-order chi connectivity index (χ0) is 10.9. The van der Waals surface area contributed by atoms with Gasteiger partial charge in [-0.3, -0.25) is 0 Å². The van der Waals surface area contributed by atoms with Crippen molar-refractivity contribution >= 4 is 5.69 Å². The Kier molecular flexibility index (Phi) is 2.59. The van der Waals surface area contributed by atoms with Crippen LogP contribution in [0.15, 0.2) is 24.3 Å². The fraction of sp³-hybridized carbons (Fsp3) is 0.455. The first-order chi connectivity index (χ1) is 7.09. The van der Waals surface area contributed by atoms with E-state index in [1.54, 1.807) is 24.3 Å². The third kappa shape index (κ3) is 2.08. The minimum Gasteiger partial charge on any atom is -0.360 e. The number of hydrogen-bond donors (Lipinski definition) is 0. The average molecular weight is 214 g/mol. The van der Waals surface area contributed by atoms with E-state index in [0.29, 0.717) is 18.7 Å². The minimum absolute atomic E-state index is 0.197. The van der Waals surface area contributed by atoms with Gasteiger partial charge in [0.05, 0.1) is 0 Å². The predicted molar refractivity (Wildman–Crippen MR) is 51.7 cm³/mol. The van der Waals surface area contributed by atoms with Gasteiger partial charge in [-0.1, -0.05) is 12.1 Å². The number of nitrogens with zero attached hydrogens (tertiary/aromatic N) is 1. The Morgan fingerprint density at radius 1 is 1.27 bits per heavy atom. The number of anilines is 1. The second-order valence-corrected chi connectivity index (χ2v) is 3.65. The highest BCUT2D eigenvalue weighted by Gasteiger charge is 2.45. The highest BCUT2D eigenvalue weighted by Crippen LogP contribution is 2.35. The molecule has 1 atom stereocenters. The van der Waals surface area contributed by atoms with E-state index in [1.807, 2.05) is 0 Å². The molecule has 15 heavy (non-hydrogen) atoms. The zero-order valence-electron chi connectivity index (χ0n) is 8.09. The standard InChI is InChI=1S/C11H11F3N/c12-11(13,14)10-7-4-8-15(10)9-5-2-1-3-6-9/h2-3,5-6,10H,4,7-8H2/t10-/m0/s1. The SMILES string of the molecule is FC(F)(F)[C@@H]1CCCN1c1cc[c]cc1.